The number of carbonyl (C=O) groups is 1. The highest BCUT2D eigenvalue weighted by atomic mass is 35.5. The molecule has 20 heavy (non-hydrogen) atoms. The van der Waals surface area contributed by atoms with E-state index in [1.54, 1.807) is 12.1 Å². The van der Waals surface area contributed by atoms with E-state index in [1.165, 1.54) is 4.90 Å². The molecular formula is C15H25ClN2O2. The molecule has 0 atom stereocenters. The first-order valence-electron chi connectivity index (χ1n) is 6.93. The first-order valence-corrected chi connectivity index (χ1v) is 6.93. The van der Waals surface area contributed by atoms with E-state index in [0.717, 1.165) is 31.7 Å². The van der Waals surface area contributed by atoms with Crippen LogP contribution in [0.4, 0.5) is 0 Å². The van der Waals surface area contributed by atoms with Crippen LogP contribution < -0.4 is 27.4 Å². The standard InChI is InChI=1S/C15H24N2O2.ClH/c1-4-12-19-14-8-6-13(7-9-14)15(18)16-10-5-11-17(2)3;/h6-9H,4-5,10-12H2,1-3H3,(H,16,18);1H. The molecule has 1 aromatic carbocycles. The third-order valence-corrected chi connectivity index (χ3v) is 2.73. The Morgan fingerprint density at radius 1 is 1.25 bits per heavy atom. The van der Waals surface area contributed by atoms with Gasteiger partial charge in [0.05, 0.1) is 27.2 Å². The Bertz CT molecular complexity index is 380. The van der Waals surface area contributed by atoms with Crippen LogP contribution in [-0.4, -0.2) is 39.7 Å². The number of hydrogen-bond acceptors (Lipinski definition) is 2. The lowest BCUT2D eigenvalue weighted by molar-refractivity contribution is -0.858. The molecule has 5 heteroatoms. The van der Waals surface area contributed by atoms with Gasteiger partial charge in [-0.1, -0.05) is 6.92 Å². The number of hydrogen-bond donors (Lipinski definition) is 2. The second-order valence-corrected chi connectivity index (χ2v) is 4.94. The minimum Gasteiger partial charge on any atom is -1.00 e. The highest BCUT2D eigenvalue weighted by Crippen LogP contribution is 2.12. The fourth-order valence-electron chi connectivity index (χ4n) is 1.67. The van der Waals surface area contributed by atoms with Crippen LogP contribution in [0.1, 0.15) is 30.1 Å². The highest BCUT2D eigenvalue weighted by molar-refractivity contribution is 5.94. The van der Waals surface area contributed by atoms with Gasteiger partial charge in [0.1, 0.15) is 5.75 Å². The van der Waals surface area contributed by atoms with Crippen molar-refractivity contribution in [3.8, 4) is 5.75 Å². The first-order chi connectivity index (χ1) is 9.13. The Hall–Kier alpha value is -1.26. The van der Waals surface area contributed by atoms with Gasteiger partial charge in [0.25, 0.3) is 5.91 Å². The Labute approximate surface area is 127 Å². The van der Waals surface area contributed by atoms with Crippen LogP contribution in [0.15, 0.2) is 24.3 Å². The Balaban J connectivity index is 0.00000361. The van der Waals surface area contributed by atoms with Gasteiger partial charge in [-0.25, -0.2) is 0 Å². The average molecular weight is 301 g/mol. The van der Waals surface area contributed by atoms with Crippen molar-refractivity contribution in [3.05, 3.63) is 29.8 Å². The fourth-order valence-corrected chi connectivity index (χ4v) is 1.67. The molecule has 4 nitrogen and oxygen atoms in total. The second kappa shape index (κ2) is 10.5. The van der Waals surface area contributed by atoms with Crippen molar-refractivity contribution in [3.63, 3.8) is 0 Å². The maximum atomic E-state index is 11.9. The van der Waals surface area contributed by atoms with Crippen molar-refractivity contribution in [1.82, 2.24) is 5.32 Å². The molecule has 0 saturated carbocycles. The number of amides is 1. The van der Waals surface area contributed by atoms with Crippen LogP contribution in [0.2, 0.25) is 0 Å². The number of ether oxygens (including phenoxy) is 1. The summed E-state index contributed by atoms with van der Waals surface area (Å²) in [6.45, 7) is 4.55. The molecular weight excluding hydrogens is 276 g/mol. The third-order valence-electron chi connectivity index (χ3n) is 2.73. The SMILES string of the molecule is CCCOc1ccc(C(=O)NCCC[NH+](C)C)cc1.[Cl-]. The molecule has 0 unspecified atom stereocenters. The van der Waals surface area contributed by atoms with Gasteiger partial charge in [0, 0.05) is 18.5 Å². The molecule has 2 N–H and O–H groups in total. The topological polar surface area (TPSA) is 42.8 Å². The zero-order valence-corrected chi connectivity index (χ0v) is 13.3. The van der Waals surface area contributed by atoms with E-state index in [0.29, 0.717) is 12.2 Å². The molecule has 1 rings (SSSR count). The van der Waals surface area contributed by atoms with Crippen LogP contribution in [0, 0.1) is 0 Å². The van der Waals surface area contributed by atoms with Crippen LogP contribution >= 0.6 is 0 Å². The lowest BCUT2D eigenvalue weighted by atomic mass is 10.2. The van der Waals surface area contributed by atoms with Gasteiger partial charge in [0.2, 0.25) is 0 Å². The summed E-state index contributed by atoms with van der Waals surface area (Å²) in [4.78, 5) is 13.3. The van der Waals surface area contributed by atoms with Crippen molar-refractivity contribution in [2.45, 2.75) is 19.8 Å². The molecule has 0 aromatic heterocycles. The molecule has 1 aromatic rings. The molecule has 1 amide bonds. The van der Waals surface area contributed by atoms with E-state index >= 15 is 0 Å². The number of carbonyl (C=O) groups excluding carboxylic acids is 1. The molecule has 0 aliphatic carbocycles. The predicted octanol–water partition coefficient (Wildman–Crippen LogP) is -2.26. The van der Waals surface area contributed by atoms with Gasteiger partial charge < -0.3 is 27.4 Å². The van der Waals surface area contributed by atoms with Crippen LogP contribution in [0.3, 0.4) is 0 Å². The predicted molar refractivity (Wildman–Crippen MR) is 76.9 cm³/mol. The van der Waals surface area contributed by atoms with Crippen LogP contribution in [0.5, 0.6) is 5.75 Å². The number of halogens is 1. The average Bonchev–Trinajstić information content (AvgIpc) is 2.41. The summed E-state index contributed by atoms with van der Waals surface area (Å²) in [7, 11) is 4.22. The molecule has 0 saturated heterocycles. The second-order valence-electron chi connectivity index (χ2n) is 4.94. The maximum Gasteiger partial charge on any atom is 0.251 e. The number of rotatable bonds is 8. The molecule has 0 spiro atoms. The molecule has 0 bridgehead atoms. The Morgan fingerprint density at radius 3 is 2.45 bits per heavy atom. The summed E-state index contributed by atoms with van der Waals surface area (Å²) in [5.41, 5.74) is 0.682. The number of nitrogens with one attached hydrogen (secondary N) is 2. The van der Waals surface area contributed by atoms with Gasteiger partial charge in [0.15, 0.2) is 0 Å². The highest BCUT2D eigenvalue weighted by Gasteiger charge is 2.05. The normalized spacial score (nSPS) is 10.0. The summed E-state index contributed by atoms with van der Waals surface area (Å²) in [6, 6.07) is 7.29. The van der Waals surface area contributed by atoms with E-state index < -0.39 is 0 Å². The zero-order chi connectivity index (χ0) is 14.1. The number of benzene rings is 1. The van der Waals surface area contributed by atoms with Gasteiger partial charge in [-0.15, -0.1) is 0 Å². The summed E-state index contributed by atoms with van der Waals surface area (Å²) in [6.07, 6.45) is 1.97. The Kier molecular flexibility index (Phi) is 9.86. The quantitative estimate of drug-likeness (QED) is 0.533. The molecule has 0 radical (unpaired) electrons. The van der Waals surface area contributed by atoms with Gasteiger partial charge in [-0.05, 0) is 30.7 Å². The summed E-state index contributed by atoms with van der Waals surface area (Å²) >= 11 is 0. The summed E-state index contributed by atoms with van der Waals surface area (Å²) < 4.78 is 5.48. The molecule has 114 valence electrons. The lowest BCUT2D eigenvalue weighted by Crippen LogP contribution is -3.05. The van der Waals surface area contributed by atoms with E-state index in [-0.39, 0.29) is 18.3 Å². The van der Waals surface area contributed by atoms with Crippen molar-refractivity contribution >= 4 is 5.91 Å². The zero-order valence-electron chi connectivity index (χ0n) is 12.5. The van der Waals surface area contributed by atoms with Crippen molar-refractivity contribution < 1.29 is 26.8 Å². The fraction of sp³-hybridized carbons (Fsp3) is 0.533. The van der Waals surface area contributed by atoms with E-state index in [4.69, 9.17) is 4.74 Å². The molecule has 0 fully saturated rings. The molecule has 0 aliphatic rings. The minimum absolute atomic E-state index is 0. The first kappa shape index (κ1) is 18.7. The minimum atomic E-state index is -0.0178. The van der Waals surface area contributed by atoms with Crippen molar-refractivity contribution in [1.29, 1.82) is 0 Å². The van der Waals surface area contributed by atoms with Crippen molar-refractivity contribution in [2.75, 3.05) is 33.8 Å². The monoisotopic (exact) mass is 300 g/mol. The Morgan fingerprint density at radius 2 is 1.90 bits per heavy atom. The van der Waals surface area contributed by atoms with E-state index in [1.807, 2.05) is 12.1 Å². The third kappa shape index (κ3) is 7.36. The van der Waals surface area contributed by atoms with Gasteiger partial charge in [-0.2, -0.15) is 0 Å². The number of quaternary nitrogens is 1. The lowest BCUT2D eigenvalue weighted by Gasteiger charge is -2.09. The molecule has 0 aliphatic heterocycles. The van der Waals surface area contributed by atoms with Crippen molar-refractivity contribution in [2.24, 2.45) is 0 Å². The van der Waals surface area contributed by atoms with Crippen LogP contribution in [0.25, 0.3) is 0 Å². The molecule has 0 heterocycles. The van der Waals surface area contributed by atoms with E-state index in [2.05, 4.69) is 26.3 Å². The van der Waals surface area contributed by atoms with Gasteiger partial charge >= 0.3 is 0 Å². The summed E-state index contributed by atoms with van der Waals surface area (Å²) in [5.74, 6) is 0.797. The largest absolute Gasteiger partial charge is 1.00 e. The van der Waals surface area contributed by atoms with Crippen LogP contribution in [-0.2, 0) is 0 Å². The maximum absolute atomic E-state index is 11.9. The van der Waals surface area contributed by atoms with E-state index in [9.17, 15) is 4.79 Å². The van der Waals surface area contributed by atoms with Gasteiger partial charge in [-0.3, -0.25) is 4.79 Å². The summed E-state index contributed by atoms with van der Waals surface area (Å²) in [5, 5.41) is 2.92. The smallest absolute Gasteiger partial charge is 0.251 e.